The van der Waals surface area contributed by atoms with Crippen molar-refractivity contribution in [3.05, 3.63) is 42.1 Å². The molecule has 28 heavy (non-hydrogen) atoms. The Morgan fingerprint density at radius 3 is 2.18 bits per heavy atom. The van der Waals surface area contributed by atoms with Gasteiger partial charge < -0.3 is 20.5 Å². The highest BCUT2D eigenvalue weighted by atomic mass is 16.5. The Morgan fingerprint density at radius 2 is 1.61 bits per heavy atom. The van der Waals surface area contributed by atoms with Crippen LogP contribution in [0.4, 0.5) is 0 Å². The van der Waals surface area contributed by atoms with E-state index in [2.05, 4.69) is 19.8 Å². The van der Waals surface area contributed by atoms with Gasteiger partial charge in [0.05, 0.1) is 19.7 Å². The summed E-state index contributed by atoms with van der Waals surface area (Å²) in [7, 11) is 2.20. The average molecular weight is 387 g/mol. The van der Waals surface area contributed by atoms with Crippen LogP contribution in [0.1, 0.15) is 17.4 Å². The number of rotatable bonds is 7. The zero-order valence-corrected chi connectivity index (χ0v) is 15.7. The van der Waals surface area contributed by atoms with E-state index in [4.69, 9.17) is 5.73 Å². The smallest absolute Gasteiger partial charge is 0.320 e. The molecule has 2 atom stereocenters. The molecule has 0 aliphatic rings. The fourth-order valence-electron chi connectivity index (χ4n) is 2.84. The molecule has 0 unspecified atom stereocenters. The van der Waals surface area contributed by atoms with Crippen molar-refractivity contribution in [3.8, 4) is 0 Å². The highest BCUT2D eigenvalue weighted by molar-refractivity contribution is 5.99. The molecule has 2 amide bonds. The molecule has 0 spiro atoms. The molecule has 3 N–H and O–H groups in total. The minimum absolute atomic E-state index is 0.0600. The highest BCUT2D eigenvalue weighted by Gasteiger charge is 2.41. The molecule has 9 heteroatoms. The van der Waals surface area contributed by atoms with Crippen LogP contribution in [0.3, 0.4) is 0 Å². The zero-order chi connectivity index (χ0) is 20.8. The summed E-state index contributed by atoms with van der Waals surface area (Å²) in [5.41, 5.74) is 6.06. The summed E-state index contributed by atoms with van der Waals surface area (Å²) in [6.45, 7) is 1.42. The third-order valence-corrected chi connectivity index (χ3v) is 4.39. The summed E-state index contributed by atoms with van der Waals surface area (Å²) in [4.78, 5) is 52.7. The molecule has 2 rings (SSSR count). The van der Waals surface area contributed by atoms with Gasteiger partial charge in [0, 0.05) is 11.3 Å². The van der Waals surface area contributed by atoms with E-state index in [1.54, 1.807) is 18.2 Å². The number of carbonyl (C=O) groups is 4. The van der Waals surface area contributed by atoms with Crippen molar-refractivity contribution < 1.29 is 28.7 Å². The van der Waals surface area contributed by atoms with Gasteiger partial charge in [-0.25, -0.2) is 4.98 Å². The number of nitrogens with two attached hydrogens (primary N) is 1. The molecular formula is C19H21N3O6. The summed E-state index contributed by atoms with van der Waals surface area (Å²) in [6, 6.07) is 9.09. The highest BCUT2D eigenvalue weighted by Crippen LogP contribution is 2.20. The molecule has 1 aromatic carbocycles. The standard InChI is InChI=1S/C19H21N3O6/c1-10(14(18(25)27-2)19(26)28-3)15(16(20)23)22-17(24)13-9-8-11-6-4-5-7-12(11)21-13/h4-10,14-15H,1-3H3,(H2,20,23)(H,22,24)/t10-,15-/m0/s1. The van der Waals surface area contributed by atoms with Crippen LogP contribution in [-0.4, -0.2) is 49.0 Å². The number of nitrogens with one attached hydrogen (secondary N) is 1. The minimum atomic E-state index is -1.43. The molecule has 0 radical (unpaired) electrons. The molecule has 1 aromatic heterocycles. The maximum absolute atomic E-state index is 12.6. The van der Waals surface area contributed by atoms with Gasteiger partial charge in [-0.3, -0.25) is 19.2 Å². The Balaban J connectivity index is 2.29. The number of aromatic nitrogens is 1. The van der Waals surface area contributed by atoms with Gasteiger partial charge in [-0.05, 0) is 12.1 Å². The molecule has 0 saturated carbocycles. The van der Waals surface area contributed by atoms with E-state index in [0.29, 0.717) is 5.52 Å². The molecule has 0 aliphatic carbocycles. The molecule has 2 aromatic rings. The molecule has 0 aliphatic heterocycles. The van der Waals surface area contributed by atoms with Gasteiger partial charge in [0.1, 0.15) is 11.7 Å². The Bertz CT molecular complexity index is 897. The number of esters is 2. The fourth-order valence-corrected chi connectivity index (χ4v) is 2.84. The second-order valence-electron chi connectivity index (χ2n) is 6.13. The second-order valence-corrected chi connectivity index (χ2v) is 6.13. The lowest BCUT2D eigenvalue weighted by Crippen LogP contribution is -2.53. The molecular weight excluding hydrogens is 366 g/mol. The third kappa shape index (κ3) is 4.43. The first-order valence-electron chi connectivity index (χ1n) is 8.41. The van der Waals surface area contributed by atoms with E-state index < -0.39 is 41.6 Å². The maximum atomic E-state index is 12.6. The number of hydrogen-bond acceptors (Lipinski definition) is 7. The van der Waals surface area contributed by atoms with Crippen molar-refractivity contribution in [2.24, 2.45) is 17.6 Å². The van der Waals surface area contributed by atoms with Crippen molar-refractivity contribution >= 4 is 34.7 Å². The van der Waals surface area contributed by atoms with E-state index in [0.717, 1.165) is 19.6 Å². The number of hydrogen-bond donors (Lipinski definition) is 2. The number of nitrogens with zero attached hydrogens (tertiary/aromatic N) is 1. The summed E-state index contributed by atoms with van der Waals surface area (Å²) < 4.78 is 9.21. The van der Waals surface area contributed by atoms with E-state index >= 15 is 0 Å². The lowest BCUT2D eigenvalue weighted by atomic mass is 9.86. The Morgan fingerprint density at radius 1 is 1.00 bits per heavy atom. The van der Waals surface area contributed by atoms with Crippen LogP contribution in [0.15, 0.2) is 36.4 Å². The van der Waals surface area contributed by atoms with Crippen LogP contribution in [0.5, 0.6) is 0 Å². The van der Waals surface area contributed by atoms with Crippen molar-refractivity contribution in [2.75, 3.05) is 14.2 Å². The van der Waals surface area contributed by atoms with E-state index in [1.165, 1.54) is 13.0 Å². The minimum Gasteiger partial charge on any atom is -0.468 e. The summed E-state index contributed by atoms with van der Waals surface area (Å²) in [5.74, 6) is -5.83. The van der Waals surface area contributed by atoms with Crippen LogP contribution < -0.4 is 11.1 Å². The van der Waals surface area contributed by atoms with Crippen LogP contribution >= 0.6 is 0 Å². The van der Waals surface area contributed by atoms with Crippen LogP contribution in [-0.2, 0) is 23.9 Å². The van der Waals surface area contributed by atoms with Crippen LogP contribution in [0.2, 0.25) is 0 Å². The molecule has 0 bridgehead atoms. The van der Waals surface area contributed by atoms with Gasteiger partial charge in [0.2, 0.25) is 5.91 Å². The lowest BCUT2D eigenvalue weighted by Gasteiger charge is -2.26. The molecule has 0 saturated heterocycles. The summed E-state index contributed by atoms with van der Waals surface area (Å²) >= 11 is 0. The Labute approximate surface area is 161 Å². The van der Waals surface area contributed by atoms with Crippen LogP contribution in [0, 0.1) is 11.8 Å². The van der Waals surface area contributed by atoms with E-state index in [1.807, 2.05) is 12.1 Å². The van der Waals surface area contributed by atoms with Gasteiger partial charge in [-0.2, -0.15) is 0 Å². The van der Waals surface area contributed by atoms with Crippen molar-refractivity contribution in [1.82, 2.24) is 10.3 Å². The number of primary amides is 1. The first-order valence-corrected chi connectivity index (χ1v) is 8.41. The van der Waals surface area contributed by atoms with Crippen LogP contribution in [0.25, 0.3) is 10.9 Å². The van der Waals surface area contributed by atoms with E-state index in [-0.39, 0.29) is 5.69 Å². The number of carbonyl (C=O) groups excluding carboxylic acids is 4. The monoisotopic (exact) mass is 387 g/mol. The van der Waals surface area contributed by atoms with Crippen molar-refractivity contribution in [2.45, 2.75) is 13.0 Å². The normalized spacial score (nSPS) is 12.9. The number of fused-ring (bicyclic) bond motifs is 1. The quantitative estimate of drug-likeness (QED) is 0.518. The number of para-hydroxylation sites is 1. The molecule has 1 heterocycles. The number of pyridine rings is 1. The maximum Gasteiger partial charge on any atom is 0.320 e. The summed E-state index contributed by atoms with van der Waals surface area (Å²) in [6.07, 6.45) is 0. The molecule has 148 valence electrons. The number of benzene rings is 1. The topological polar surface area (TPSA) is 138 Å². The van der Waals surface area contributed by atoms with Gasteiger partial charge in [0.15, 0.2) is 5.92 Å². The number of methoxy groups -OCH3 is 2. The second kappa shape index (κ2) is 8.94. The summed E-state index contributed by atoms with van der Waals surface area (Å²) in [5, 5.41) is 3.29. The van der Waals surface area contributed by atoms with Gasteiger partial charge in [-0.1, -0.05) is 31.2 Å². The number of ether oxygens (including phenoxy) is 2. The lowest BCUT2D eigenvalue weighted by molar-refractivity contribution is -0.161. The Hall–Kier alpha value is -3.49. The number of amides is 2. The van der Waals surface area contributed by atoms with Gasteiger partial charge in [-0.15, -0.1) is 0 Å². The SMILES string of the molecule is COC(=O)C(C(=O)OC)[C@H](C)[C@H](NC(=O)c1ccc2ccccc2n1)C(N)=O. The van der Waals surface area contributed by atoms with E-state index in [9.17, 15) is 19.2 Å². The molecule has 0 fully saturated rings. The zero-order valence-electron chi connectivity index (χ0n) is 15.7. The first kappa shape index (κ1) is 20.8. The average Bonchev–Trinajstić information content (AvgIpc) is 2.70. The first-order chi connectivity index (χ1) is 13.3. The molecule has 9 nitrogen and oxygen atoms in total. The van der Waals surface area contributed by atoms with Crippen molar-refractivity contribution in [1.29, 1.82) is 0 Å². The van der Waals surface area contributed by atoms with Gasteiger partial charge >= 0.3 is 11.9 Å². The van der Waals surface area contributed by atoms with Gasteiger partial charge in [0.25, 0.3) is 5.91 Å². The Kier molecular flexibility index (Phi) is 6.64. The predicted molar refractivity (Wildman–Crippen MR) is 98.9 cm³/mol. The predicted octanol–water partition coefficient (Wildman–Crippen LogP) is 0.417. The largest absolute Gasteiger partial charge is 0.468 e. The third-order valence-electron chi connectivity index (χ3n) is 4.39. The fraction of sp³-hybridized carbons (Fsp3) is 0.316. The van der Waals surface area contributed by atoms with Crippen molar-refractivity contribution in [3.63, 3.8) is 0 Å².